The maximum Gasteiger partial charge on any atom is 0.137 e. The average Bonchev–Trinajstić information content (AvgIpc) is 2.59. The summed E-state index contributed by atoms with van der Waals surface area (Å²) in [5, 5.41) is 41.5. The van der Waals surface area contributed by atoms with Crippen LogP contribution in [-0.2, 0) is 4.74 Å². The number of aliphatic hydroxyl groups excluding tert-OH is 4. The molecule has 1 saturated heterocycles. The van der Waals surface area contributed by atoms with Gasteiger partial charge in [0.1, 0.15) is 30.6 Å². The molecule has 0 radical (unpaired) electrons. The van der Waals surface area contributed by atoms with Gasteiger partial charge in [-0.1, -0.05) is 64.7 Å². The van der Waals surface area contributed by atoms with Gasteiger partial charge in [-0.15, -0.1) is 0 Å². The lowest BCUT2D eigenvalue weighted by Crippen LogP contribution is -2.62. The minimum atomic E-state index is -1.30. The first-order chi connectivity index (χ1) is 11.6. The third kappa shape index (κ3) is 7.76. The molecule has 0 aliphatic carbocycles. The molecule has 1 rings (SSSR count). The predicted octanol–water partition coefficient (Wildman–Crippen LogP) is 1.30. The van der Waals surface area contributed by atoms with Crippen molar-refractivity contribution in [1.82, 2.24) is 5.32 Å². The normalized spacial score (nSPS) is 30.6. The Bertz CT molecular complexity index is 303. The third-order valence-electron chi connectivity index (χ3n) is 4.77. The summed E-state index contributed by atoms with van der Waals surface area (Å²) in [6.45, 7) is 2.53. The standard InChI is InChI=1S/C18H37NO5/c1-2-3-4-5-6-7-8-9-10-11-12-19-18-17(23)16(22)15(21)14(13-20)24-18/h14-23H,2-13H2,1H3/t14-,15-,16+,17-,18?/m1/s1. The molecule has 1 aliphatic heterocycles. The molecule has 1 aliphatic rings. The van der Waals surface area contributed by atoms with Crippen molar-refractivity contribution >= 4 is 0 Å². The molecule has 6 heteroatoms. The van der Waals surface area contributed by atoms with Gasteiger partial charge in [0.15, 0.2) is 0 Å². The molecule has 24 heavy (non-hydrogen) atoms. The summed E-state index contributed by atoms with van der Waals surface area (Å²) in [7, 11) is 0. The van der Waals surface area contributed by atoms with Crippen LogP contribution in [0.3, 0.4) is 0 Å². The molecule has 6 nitrogen and oxygen atoms in total. The molecular formula is C18H37NO5. The van der Waals surface area contributed by atoms with Crippen LogP contribution >= 0.6 is 0 Å². The van der Waals surface area contributed by atoms with E-state index < -0.39 is 30.6 Å². The highest BCUT2D eigenvalue weighted by atomic mass is 16.6. The van der Waals surface area contributed by atoms with Crippen LogP contribution in [0.1, 0.15) is 71.1 Å². The van der Waals surface area contributed by atoms with Gasteiger partial charge < -0.3 is 25.2 Å². The molecule has 0 spiro atoms. The zero-order chi connectivity index (χ0) is 17.8. The monoisotopic (exact) mass is 347 g/mol. The Kier molecular flexibility index (Phi) is 11.8. The van der Waals surface area contributed by atoms with Crippen LogP contribution in [-0.4, -0.2) is 64.2 Å². The fourth-order valence-electron chi connectivity index (χ4n) is 3.13. The minimum absolute atomic E-state index is 0.388. The average molecular weight is 347 g/mol. The number of unbranched alkanes of at least 4 members (excludes halogenated alkanes) is 9. The third-order valence-corrected chi connectivity index (χ3v) is 4.77. The second-order valence-corrected chi connectivity index (χ2v) is 6.89. The SMILES string of the molecule is CCCCCCCCCCCCNC1O[C@H](CO)[C@@H](O)[C@H](O)[C@H]1O. The largest absolute Gasteiger partial charge is 0.394 e. The Morgan fingerprint density at radius 3 is 1.83 bits per heavy atom. The smallest absolute Gasteiger partial charge is 0.137 e. The van der Waals surface area contributed by atoms with Gasteiger partial charge in [-0.3, -0.25) is 5.32 Å². The molecule has 5 atom stereocenters. The van der Waals surface area contributed by atoms with Crippen LogP contribution in [0, 0.1) is 0 Å². The van der Waals surface area contributed by atoms with Gasteiger partial charge in [-0.25, -0.2) is 0 Å². The van der Waals surface area contributed by atoms with E-state index in [0.717, 1.165) is 12.8 Å². The number of hydrogen-bond acceptors (Lipinski definition) is 6. The highest BCUT2D eigenvalue weighted by molar-refractivity contribution is 4.90. The summed E-state index contributed by atoms with van der Waals surface area (Å²) in [6, 6.07) is 0. The summed E-state index contributed by atoms with van der Waals surface area (Å²) >= 11 is 0. The van der Waals surface area contributed by atoms with Crippen molar-refractivity contribution in [3.63, 3.8) is 0 Å². The van der Waals surface area contributed by atoms with Crippen LogP contribution in [0.15, 0.2) is 0 Å². The van der Waals surface area contributed by atoms with E-state index in [9.17, 15) is 15.3 Å². The van der Waals surface area contributed by atoms with E-state index in [1.807, 2.05) is 0 Å². The summed E-state index contributed by atoms with van der Waals surface area (Å²) in [5.41, 5.74) is 0. The Morgan fingerprint density at radius 1 is 0.750 bits per heavy atom. The van der Waals surface area contributed by atoms with Crippen LogP contribution in [0.25, 0.3) is 0 Å². The highest BCUT2D eigenvalue weighted by Crippen LogP contribution is 2.19. The second kappa shape index (κ2) is 13.0. The quantitative estimate of drug-likeness (QED) is 0.322. The van der Waals surface area contributed by atoms with Crippen LogP contribution in [0.5, 0.6) is 0 Å². The lowest BCUT2D eigenvalue weighted by molar-refractivity contribution is -0.236. The van der Waals surface area contributed by atoms with Crippen molar-refractivity contribution in [2.45, 2.75) is 102 Å². The van der Waals surface area contributed by atoms with Crippen molar-refractivity contribution in [3.8, 4) is 0 Å². The minimum Gasteiger partial charge on any atom is -0.394 e. The van der Waals surface area contributed by atoms with Crippen molar-refractivity contribution in [1.29, 1.82) is 0 Å². The van der Waals surface area contributed by atoms with E-state index in [1.54, 1.807) is 0 Å². The fourth-order valence-corrected chi connectivity index (χ4v) is 3.13. The van der Waals surface area contributed by atoms with Gasteiger partial charge in [0.25, 0.3) is 0 Å². The van der Waals surface area contributed by atoms with Gasteiger partial charge in [-0.05, 0) is 13.0 Å². The number of ether oxygens (including phenoxy) is 1. The predicted molar refractivity (Wildman–Crippen MR) is 93.6 cm³/mol. The topological polar surface area (TPSA) is 102 Å². The Morgan fingerprint density at radius 2 is 1.29 bits per heavy atom. The summed E-state index contributed by atoms with van der Waals surface area (Å²) in [5.74, 6) is 0. The molecule has 0 aromatic rings. The molecule has 0 aromatic heterocycles. The molecular weight excluding hydrogens is 310 g/mol. The van der Waals surface area contributed by atoms with Crippen molar-refractivity contribution < 1.29 is 25.2 Å². The van der Waals surface area contributed by atoms with Crippen LogP contribution in [0.4, 0.5) is 0 Å². The van der Waals surface area contributed by atoms with Crippen LogP contribution in [0.2, 0.25) is 0 Å². The zero-order valence-corrected chi connectivity index (χ0v) is 15.1. The van der Waals surface area contributed by atoms with Crippen LogP contribution < -0.4 is 5.32 Å². The number of rotatable bonds is 13. The van der Waals surface area contributed by atoms with Gasteiger partial charge in [-0.2, -0.15) is 0 Å². The maximum atomic E-state index is 9.90. The molecule has 0 amide bonds. The molecule has 1 fully saturated rings. The second-order valence-electron chi connectivity index (χ2n) is 6.89. The molecule has 0 aromatic carbocycles. The van der Waals surface area contributed by atoms with Gasteiger partial charge in [0.05, 0.1) is 6.61 Å². The Hall–Kier alpha value is -0.240. The lowest BCUT2D eigenvalue weighted by Gasteiger charge is -2.40. The molecule has 144 valence electrons. The van der Waals surface area contributed by atoms with E-state index in [-0.39, 0.29) is 6.61 Å². The molecule has 1 unspecified atom stereocenters. The number of hydrogen-bond donors (Lipinski definition) is 5. The molecule has 1 heterocycles. The molecule has 0 saturated carbocycles. The fraction of sp³-hybridized carbons (Fsp3) is 1.00. The Labute approximate surface area is 146 Å². The Balaban J connectivity index is 2.02. The first-order valence-corrected chi connectivity index (χ1v) is 9.65. The van der Waals surface area contributed by atoms with Gasteiger partial charge in [0, 0.05) is 0 Å². The first kappa shape index (κ1) is 21.8. The number of aliphatic hydroxyl groups is 4. The van der Waals surface area contributed by atoms with Gasteiger partial charge >= 0.3 is 0 Å². The van der Waals surface area contributed by atoms with E-state index >= 15 is 0 Å². The van der Waals surface area contributed by atoms with E-state index in [1.165, 1.54) is 51.4 Å². The lowest BCUT2D eigenvalue weighted by atomic mass is 9.98. The molecule has 0 bridgehead atoms. The molecule has 5 N–H and O–H groups in total. The summed E-state index contributed by atoms with van der Waals surface area (Å²) in [6.07, 6.45) is 7.21. The van der Waals surface area contributed by atoms with Gasteiger partial charge in [0.2, 0.25) is 0 Å². The number of nitrogens with one attached hydrogen (secondary N) is 1. The highest BCUT2D eigenvalue weighted by Gasteiger charge is 2.42. The first-order valence-electron chi connectivity index (χ1n) is 9.65. The zero-order valence-electron chi connectivity index (χ0n) is 15.1. The maximum absolute atomic E-state index is 9.90. The summed E-state index contributed by atoms with van der Waals surface area (Å²) < 4.78 is 5.40. The van der Waals surface area contributed by atoms with Crippen molar-refractivity contribution in [2.24, 2.45) is 0 Å². The van der Waals surface area contributed by atoms with E-state index in [4.69, 9.17) is 9.84 Å². The summed E-state index contributed by atoms with van der Waals surface area (Å²) in [4.78, 5) is 0. The van der Waals surface area contributed by atoms with E-state index in [0.29, 0.717) is 6.54 Å². The van der Waals surface area contributed by atoms with E-state index in [2.05, 4.69) is 12.2 Å². The van der Waals surface area contributed by atoms with Crippen molar-refractivity contribution in [2.75, 3.05) is 13.2 Å². The van der Waals surface area contributed by atoms with Crippen molar-refractivity contribution in [3.05, 3.63) is 0 Å².